The van der Waals surface area contributed by atoms with E-state index in [2.05, 4.69) is 46.1 Å². The van der Waals surface area contributed by atoms with E-state index >= 15 is 0 Å². The Balaban J connectivity index is 1.66. The van der Waals surface area contributed by atoms with Gasteiger partial charge in [0.2, 0.25) is 5.89 Å². The number of hydrogen-bond donors (Lipinski definition) is 1. The van der Waals surface area contributed by atoms with Crippen molar-refractivity contribution in [1.29, 1.82) is 0 Å². The van der Waals surface area contributed by atoms with Gasteiger partial charge in [0.1, 0.15) is 0 Å². The summed E-state index contributed by atoms with van der Waals surface area (Å²) in [6, 6.07) is 0. The second-order valence-electron chi connectivity index (χ2n) is 7.09. The smallest absolute Gasteiger partial charge is 0.226 e. The van der Waals surface area contributed by atoms with Crippen molar-refractivity contribution in [3.05, 3.63) is 27.8 Å². The van der Waals surface area contributed by atoms with E-state index in [-0.39, 0.29) is 0 Å². The first-order valence-corrected chi connectivity index (χ1v) is 9.61. The van der Waals surface area contributed by atoms with Crippen LogP contribution in [0.15, 0.2) is 10.0 Å². The minimum atomic E-state index is 0.527. The van der Waals surface area contributed by atoms with Crippen LogP contribution < -0.4 is 5.32 Å². The van der Waals surface area contributed by atoms with Crippen LogP contribution in [0.25, 0.3) is 0 Å². The first-order valence-electron chi connectivity index (χ1n) is 8.73. The van der Waals surface area contributed by atoms with Crippen molar-refractivity contribution >= 4 is 11.3 Å². The molecule has 0 radical (unpaired) electrons. The van der Waals surface area contributed by atoms with Crippen LogP contribution in [-0.2, 0) is 19.5 Å². The van der Waals surface area contributed by atoms with E-state index in [0.717, 1.165) is 56.6 Å². The quantitative estimate of drug-likeness (QED) is 0.790. The molecule has 0 spiro atoms. The third kappa shape index (κ3) is 4.84. The Hall–Kier alpha value is -1.31. The molecule has 3 rings (SSSR count). The number of nitrogens with one attached hydrogen (secondary N) is 1. The molecule has 1 aliphatic rings. The second-order valence-corrected chi connectivity index (χ2v) is 8.03. The molecule has 2 aromatic heterocycles. The average Bonchev–Trinajstić information content (AvgIpc) is 3.24. The lowest BCUT2D eigenvalue weighted by molar-refractivity contribution is 0.214. The van der Waals surface area contributed by atoms with Gasteiger partial charge in [0, 0.05) is 24.4 Å². The van der Waals surface area contributed by atoms with Gasteiger partial charge in [0.25, 0.3) is 0 Å². The third-order valence-electron chi connectivity index (χ3n) is 4.35. The van der Waals surface area contributed by atoms with Crippen molar-refractivity contribution in [1.82, 2.24) is 25.3 Å². The minimum Gasteiger partial charge on any atom is -0.339 e. The van der Waals surface area contributed by atoms with Gasteiger partial charge in [-0.25, -0.2) is 4.98 Å². The monoisotopic (exact) mass is 349 g/mol. The van der Waals surface area contributed by atoms with Crippen LogP contribution in [0.1, 0.15) is 42.6 Å². The molecule has 0 saturated carbocycles. The number of hydrogen-bond acceptors (Lipinski definition) is 7. The van der Waals surface area contributed by atoms with Crippen LogP contribution in [-0.4, -0.2) is 39.7 Å². The Morgan fingerprint density at radius 3 is 2.96 bits per heavy atom. The minimum absolute atomic E-state index is 0.527. The topological polar surface area (TPSA) is 67.1 Å². The van der Waals surface area contributed by atoms with Crippen LogP contribution in [0, 0.1) is 18.8 Å². The normalized spacial score (nSPS) is 18.1. The highest BCUT2D eigenvalue weighted by atomic mass is 32.1. The van der Waals surface area contributed by atoms with Crippen molar-refractivity contribution in [2.24, 2.45) is 11.8 Å². The molecule has 132 valence electrons. The van der Waals surface area contributed by atoms with E-state index in [0.29, 0.717) is 11.8 Å². The van der Waals surface area contributed by atoms with Crippen molar-refractivity contribution in [3.63, 3.8) is 0 Å². The Bertz CT molecular complexity index is 632. The molecule has 0 amide bonds. The van der Waals surface area contributed by atoms with Gasteiger partial charge in [-0.1, -0.05) is 19.0 Å². The van der Waals surface area contributed by atoms with Gasteiger partial charge >= 0.3 is 0 Å². The summed E-state index contributed by atoms with van der Waals surface area (Å²) in [6.45, 7) is 11.3. The Morgan fingerprint density at radius 2 is 2.29 bits per heavy atom. The molecule has 0 unspecified atom stereocenters. The molecule has 1 saturated heterocycles. The Labute approximate surface area is 147 Å². The molecule has 1 fully saturated rings. The first-order chi connectivity index (χ1) is 11.6. The van der Waals surface area contributed by atoms with Gasteiger partial charge < -0.3 is 9.84 Å². The summed E-state index contributed by atoms with van der Waals surface area (Å²) in [5, 5.41) is 7.63. The molecule has 1 N–H and O–H groups in total. The Morgan fingerprint density at radius 1 is 1.42 bits per heavy atom. The molecular weight excluding hydrogens is 322 g/mol. The summed E-state index contributed by atoms with van der Waals surface area (Å²) in [5.74, 6) is 2.76. The van der Waals surface area contributed by atoms with Gasteiger partial charge in [0.15, 0.2) is 5.82 Å². The molecule has 2 aromatic rings. The van der Waals surface area contributed by atoms with E-state index in [1.165, 1.54) is 11.3 Å². The van der Waals surface area contributed by atoms with Gasteiger partial charge in [-0.15, -0.1) is 11.3 Å². The molecule has 6 nitrogen and oxygen atoms in total. The van der Waals surface area contributed by atoms with E-state index in [1.54, 1.807) is 11.3 Å². The van der Waals surface area contributed by atoms with Gasteiger partial charge in [-0.3, -0.25) is 4.90 Å². The number of aromatic nitrogens is 3. The predicted octanol–water partition coefficient (Wildman–Crippen LogP) is 2.64. The highest BCUT2D eigenvalue weighted by Gasteiger charge is 2.21. The van der Waals surface area contributed by atoms with Gasteiger partial charge in [-0.2, -0.15) is 4.98 Å². The number of thiazole rings is 1. The number of aryl methyl sites for hydroxylation is 1. The van der Waals surface area contributed by atoms with Crippen molar-refractivity contribution in [2.45, 2.75) is 46.7 Å². The molecule has 0 aliphatic carbocycles. The van der Waals surface area contributed by atoms with E-state index < -0.39 is 0 Å². The number of rotatable bonds is 8. The molecule has 24 heavy (non-hydrogen) atoms. The molecule has 7 heteroatoms. The van der Waals surface area contributed by atoms with Crippen molar-refractivity contribution < 1.29 is 4.52 Å². The maximum Gasteiger partial charge on any atom is 0.226 e. The maximum absolute atomic E-state index is 5.40. The summed E-state index contributed by atoms with van der Waals surface area (Å²) >= 11 is 1.73. The van der Waals surface area contributed by atoms with Crippen LogP contribution in [0.3, 0.4) is 0 Å². The lowest BCUT2D eigenvalue weighted by Gasteiger charge is -2.23. The molecule has 3 heterocycles. The maximum atomic E-state index is 5.40. The Kier molecular flexibility index (Phi) is 5.97. The van der Waals surface area contributed by atoms with Crippen LogP contribution in [0.5, 0.6) is 0 Å². The molecule has 1 atom stereocenters. The summed E-state index contributed by atoms with van der Waals surface area (Å²) in [5.41, 5.74) is 3.05. The molecule has 0 bridgehead atoms. The van der Waals surface area contributed by atoms with Crippen LogP contribution in [0.2, 0.25) is 0 Å². The third-order valence-corrected chi connectivity index (χ3v) is 5.27. The average molecular weight is 350 g/mol. The van der Waals surface area contributed by atoms with Gasteiger partial charge in [-0.05, 0) is 38.3 Å². The van der Waals surface area contributed by atoms with E-state index in [1.807, 2.05) is 5.51 Å². The second kappa shape index (κ2) is 8.18. The zero-order chi connectivity index (χ0) is 16.9. The van der Waals surface area contributed by atoms with Crippen LogP contribution in [0.4, 0.5) is 0 Å². The largest absolute Gasteiger partial charge is 0.339 e. The highest BCUT2D eigenvalue weighted by Crippen LogP contribution is 2.19. The summed E-state index contributed by atoms with van der Waals surface area (Å²) in [7, 11) is 0. The zero-order valence-corrected chi connectivity index (χ0v) is 15.6. The van der Waals surface area contributed by atoms with E-state index in [9.17, 15) is 0 Å². The number of nitrogens with zero attached hydrogens (tertiary/aromatic N) is 4. The molecule has 0 aromatic carbocycles. The first kappa shape index (κ1) is 17.5. The highest BCUT2D eigenvalue weighted by molar-refractivity contribution is 7.09. The molecule has 1 aliphatic heterocycles. The fourth-order valence-electron chi connectivity index (χ4n) is 3.09. The SMILES string of the molecule is Cc1ncsc1CN(Cc1noc(CC(C)C)n1)C[C@H]1CCNC1. The lowest BCUT2D eigenvalue weighted by Crippen LogP contribution is -2.30. The lowest BCUT2D eigenvalue weighted by atomic mass is 10.1. The standard InChI is InChI=1S/C17H27N5OS/c1-12(2)6-17-20-16(21-23-17)10-22(8-14-4-5-18-7-14)9-15-13(3)19-11-24-15/h11-12,14,18H,4-10H2,1-3H3/t14-/m0/s1. The summed E-state index contributed by atoms with van der Waals surface area (Å²) in [6.07, 6.45) is 2.08. The van der Waals surface area contributed by atoms with Gasteiger partial charge in [0.05, 0.1) is 17.7 Å². The summed E-state index contributed by atoms with van der Waals surface area (Å²) in [4.78, 5) is 12.7. The fourth-order valence-corrected chi connectivity index (χ4v) is 3.91. The molecular formula is C17H27N5OS. The van der Waals surface area contributed by atoms with Crippen molar-refractivity contribution in [3.8, 4) is 0 Å². The van der Waals surface area contributed by atoms with E-state index in [4.69, 9.17) is 4.52 Å². The van der Waals surface area contributed by atoms with Crippen LogP contribution >= 0.6 is 11.3 Å². The fraction of sp³-hybridized carbons (Fsp3) is 0.706. The summed E-state index contributed by atoms with van der Waals surface area (Å²) < 4.78 is 5.40. The predicted molar refractivity (Wildman–Crippen MR) is 94.8 cm³/mol. The zero-order valence-electron chi connectivity index (χ0n) is 14.8. The van der Waals surface area contributed by atoms with Crippen molar-refractivity contribution in [2.75, 3.05) is 19.6 Å².